The number of nitrogens with one attached hydrogen (secondary N) is 3. The normalized spacial score (nSPS) is 14.6. The van der Waals surface area contributed by atoms with Gasteiger partial charge in [-0.2, -0.15) is 15.0 Å². The Morgan fingerprint density at radius 2 is 1.62 bits per heavy atom. The van der Waals surface area contributed by atoms with Gasteiger partial charge in [0.05, 0.1) is 44.7 Å². The molecule has 0 amide bonds. The summed E-state index contributed by atoms with van der Waals surface area (Å²) in [6.07, 6.45) is 3.81. The minimum atomic E-state index is 0.173. The van der Waals surface area contributed by atoms with Crippen molar-refractivity contribution in [1.29, 1.82) is 0 Å². The zero-order chi connectivity index (χ0) is 23.4. The highest BCUT2D eigenvalue weighted by Gasteiger charge is 2.23. The summed E-state index contributed by atoms with van der Waals surface area (Å²) in [5, 5.41) is 9.97. The van der Waals surface area contributed by atoms with Crippen LogP contribution in [0.2, 0.25) is 0 Å². The van der Waals surface area contributed by atoms with Crippen molar-refractivity contribution >= 4 is 17.8 Å². The van der Waals surface area contributed by atoms with E-state index in [0.29, 0.717) is 63.9 Å². The van der Waals surface area contributed by atoms with Crippen molar-refractivity contribution in [3.8, 4) is 0 Å². The summed E-state index contributed by atoms with van der Waals surface area (Å²) in [7, 11) is 0. The molecule has 0 aliphatic heterocycles. The van der Waals surface area contributed by atoms with Crippen molar-refractivity contribution < 1.29 is 9.47 Å². The summed E-state index contributed by atoms with van der Waals surface area (Å²) in [6.45, 7) is 3.69. The maximum atomic E-state index is 5.58. The summed E-state index contributed by atoms with van der Waals surface area (Å²) in [5.41, 5.74) is 8.97. The molecule has 1 aliphatic rings. The van der Waals surface area contributed by atoms with Gasteiger partial charge in [-0.05, 0) is 36.1 Å². The molecule has 0 radical (unpaired) electrons. The average Bonchev–Trinajstić information content (AvgIpc) is 3.28. The number of aryl methyl sites for hydroxylation is 1. The maximum Gasteiger partial charge on any atom is 0.229 e. The monoisotopic (exact) mass is 464 g/mol. The average molecular weight is 465 g/mol. The summed E-state index contributed by atoms with van der Waals surface area (Å²) in [5.74, 6) is 1.49. The Hall–Kier alpha value is -3.34. The van der Waals surface area contributed by atoms with Gasteiger partial charge in [-0.15, -0.1) is 0 Å². The molecule has 180 valence electrons. The van der Waals surface area contributed by atoms with Gasteiger partial charge in [0, 0.05) is 19.3 Å². The van der Waals surface area contributed by atoms with Crippen LogP contribution < -0.4 is 21.7 Å². The van der Waals surface area contributed by atoms with Gasteiger partial charge in [-0.1, -0.05) is 30.3 Å². The van der Waals surface area contributed by atoms with E-state index in [1.165, 1.54) is 11.1 Å². The van der Waals surface area contributed by atoms with E-state index in [9.17, 15) is 0 Å². The Labute approximate surface area is 199 Å². The lowest BCUT2D eigenvalue weighted by atomic mass is 10.1. The lowest BCUT2D eigenvalue weighted by Gasteiger charge is -2.16. The number of nitrogens with zero attached hydrogens (tertiary/aromatic N) is 4. The highest BCUT2D eigenvalue weighted by atomic mass is 16.5. The first kappa shape index (κ1) is 23.8. The predicted octanol–water partition coefficient (Wildman–Crippen LogP) is 2.38. The number of ether oxygens (including phenoxy) is 2. The van der Waals surface area contributed by atoms with E-state index in [1.807, 2.05) is 18.2 Å². The summed E-state index contributed by atoms with van der Waals surface area (Å²) in [6, 6.07) is 14.5. The topological polar surface area (TPSA) is 132 Å². The van der Waals surface area contributed by atoms with E-state index in [0.717, 1.165) is 18.5 Å². The molecule has 1 unspecified atom stereocenters. The van der Waals surface area contributed by atoms with Gasteiger partial charge in [0.25, 0.3) is 0 Å². The molecule has 10 heteroatoms. The number of aromatic nitrogens is 4. The first-order valence-corrected chi connectivity index (χ1v) is 11.7. The molecule has 0 saturated heterocycles. The number of hydrogen-bond donors (Lipinski definition) is 4. The van der Waals surface area contributed by atoms with Crippen LogP contribution >= 0.6 is 0 Å². The van der Waals surface area contributed by atoms with E-state index in [4.69, 9.17) is 15.2 Å². The molecule has 2 aromatic heterocycles. The van der Waals surface area contributed by atoms with Crippen molar-refractivity contribution in [2.45, 2.75) is 25.4 Å². The molecular formula is C24H32N8O2. The Balaban J connectivity index is 1.38. The molecule has 4 rings (SSSR count). The first-order valence-electron chi connectivity index (χ1n) is 11.7. The molecule has 10 nitrogen and oxygen atoms in total. The number of pyridine rings is 1. The Kier molecular flexibility index (Phi) is 8.95. The second kappa shape index (κ2) is 12.8. The highest BCUT2D eigenvalue weighted by Crippen LogP contribution is 2.33. The highest BCUT2D eigenvalue weighted by molar-refractivity contribution is 5.46. The lowest BCUT2D eigenvalue weighted by Crippen LogP contribution is -2.18. The Morgan fingerprint density at radius 3 is 2.44 bits per heavy atom. The van der Waals surface area contributed by atoms with Gasteiger partial charge >= 0.3 is 0 Å². The molecule has 0 bridgehead atoms. The fourth-order valence-electron chi connectivity index (χ4n) is 3.77. The van der Waals surface area contributed by atoms with Gasteiger partial charge < -0.3 is 31.2 Å². The number of nitrogens with two attached hydrogens (primary N) is 1. The number of rotatable bonds is 14. The Morgan fingerprint density at radius 1 is 0.853 bits per heavy atom. The predicted molar refractivity (Wildman–Crippen MR) is 132 cm³/mol. The third-order valence-electron chi connectivity index (χ3n) is 5.39. The number of anilines is 3. The van der Waals surface area contributed by atoms with Crippen LogP contribution in [-0.2, 0) is 22.4 Å². The van der Waals surface area contributed by atoms with E-state index < -0.39 is 0 Å². The molecule has 0 saturated carbocycles. The van der Waals surface area contributed by atoms with Gasteiger partial charge in [0.2, 0.25) is 17.8 Å². The minimum Gasteiger partial charge on any atom is -0.378 e. The zero-order valence-corrected chi connectivity index (χ0v) is 19.2. The summed E-state index contributed by atoms with van der Waals surface area (Å²) >= 11 is 0. The van der Waals surface area contributed by atoms with Crippen LogP contribution in [0.25, 0.3) is 0 Å². The van der Waals surface area contributed by atoms with Crippen molar-refractivity contribution in [1.82, 2.24) is 19.9 Å². The molecule has 1 aliphatic carbocycles. The van der Waals surface area contributed by atoms with E-state index in [2.05, 4.69) is 60.2 Å². The summed E-state index contributed by atoms with van der Waals surface area (Å²) < 4.78 is 10.9. The largest absolute Gasteiger partial charge is 0.378 e. The van der Waals surface area contributed by atoms with Crippen molar-refractivity contribution in [3.05, 3.63) is 65.5 Å². The van der Waals surface area contributed by atoms with E-state index in [1.54, 1.807) is 6.20 Å². The third kappa shape index (κ3) is 7.08. The van der Waals surface area contributed by atoms with Crippen molar-refractivity contribution in [2.24, 2.45) is 5.73 Å². The zero-order valence-electron chi connectivity index (χ0n) is 19.2. The van der Waals surface area contributed by atoms with Gasteiger partial charge in [0.1, 0.15) is 0 Å². The Bertz CT molecular complexity index is 1020. The van der Waals surface area contributed by atoms with E-state index in [-0.39, 0.29) is 6.04 Å². The lowest BCUT2D eigenvalue weighted by molar-refractivity contribution is 0.0547. The number of benzene rings is 1. The molecule has 34 heavy (non-hydrogen) atoms. The van der Waals surface area contributed by atoms with E-state index >= 15 is 0 Å². The van der Waals surface area contributed by atoms with Crippen LogP contribution in [0.1, 0.15) is 29.3 Å². The second-order valence-electron chi connectivity index (χ2n) is 7.86. The van der Waals surface area contributed by atoms with Crippen LogP contribution in [-0.4, -0.2) is 59.5 Å². The van der Waals surface area contributed by atoms with Gasteiger partial charge in [0.15, 0.2) is 0 Å². The van der Waals surface area contributed by atoms with Crippen molar-refractivity contribution in [2.75, 3.05) is 55.5 Å². The van der Waals surface area contributed by atoms with Crippen LogP contribution in [0, 0.1) is 0 Å². The maximum absolute atomic E-state index is 5.58. The van der Waals surface area contributed by atoms with Crippen molar-refractivity contribution in [3.63, 3.8) is 0 Å². The summed E-state index contributed by atoms with van der Waals surface area (Å²) in [4.78, 5) is 18.1. The molecule has 5 N–H and O–H groups in total. The molecule has 0 fully saturated rings. The molecule has 1 aromatic carbocycles. The van der Waals surface area contributed by atoms with Crippen LogP contribution in [0.4, 0.5) is 17.8 Å². The third-order valence-corrected chi connectivity index (χ3v) is 5.39. The van der Waals surface area contributed by atoms with Crippen LogP contribution in [0.3, 0.4) is 0 Å². The molecule has 0 spiro atoms. The number of fused-ring (bicyclic) bond motifs is 1. The molecule has 1 atom stereocenters. The standard InChI is InChI=1S/C24H32N8O2/c25-10-13-33-15-16-34-14-12-27-22-30-23(28-17-19-6-3-4-11-26-19)32-24(31-22)29-21-9-8-18-5-1-2-7-20(18)21/h1-7,11,21H,8-10,12-17,25H2,(H3,27,28,29,30,31,32). The molecule has 3 aromatic rings. The fraction of sp³-hybridized carbons (Fsp3) is 0.417. The van der Waals surface area contributed by atoms with Gasteiger partial charge in [-0.25, -0.2) is 0 Å². The van der Waals surface area contributed by atoms with Crippen LogP contribution in [0.5, 0.6) is 0 Å². The smallest absolute Gasteiger partial charge is 0.229 e. The first-order chi connectivity index (χ1) is 16.8. The minimum absolute atomic E-state index is 0.173. The fourth-order valence-corrected chi connectivity index (χ4v) is 3.77. The molecule has 2 heterocycles. The SMILES string of the molecule is NCCOCCOCCNc1nc(NCc2ccccn2)nc(NC2CCc3ccccc32)n1. The second-order valence-corrected chi connectivity index (χ2v) is 7.86. The van der Waals surface area contributed by atoms with Gasteiger partial charge in [-0.3, -0.25) is 4.98 Å². The van der Waals surface area contributed by atoms with Crippen LogP contribution in [0.15, 0.2) is 48.7 Å². The quantitative estimate of drug-likeness (QED) is 0.264. The molecular weight excluding hydrogens is 432 g/mol. The number of hydrogen-bond acceptors (Lipinski definition) is 10.